The van der Waals surface area contributed by atoms with Gasteiger partial charge in [0.25, 0.3) is 0 Å². The Labute approximate surface area is 124 Å². The second-order valence-corrected chi connectivity index (χ2v) is 6.26. The number of hydrogen-bond donors (Lipinski definition) is 2. The summed E-state index contributed by atoms with van der Waals surface area (Å²) in [5, 5.41) is 8.85. The van der Waals surface area contributed by atoms with E-state index in [2.05, 4.69) is 25.4 Å². The molecule has 9 heteroatoms. The standard InChI is InChI=1S/C11H12BrNO6S/c1-19-10(14)4-5-13-20(17,18)9-6-7(11(15)16)2-3-8(9)12/h2-3,6,13H,4-5H2,1H3,(H,15,16). The van der Waals surface area contributed by atoms with E-state index in [1.165, 1.54) is 19.2 Å². The maximum absolute atomic E-state index is 12.0. The van der Waals surface area contributed by atoms with Gasteiger partial charge in [0.2, 0.25) is 10.0 Å². The van der Waals surface area contributed by atoms with Gasteiger partial charge in [-0.15, -0.1) is 0 Å². The number of carboxylic acids is 1. The molecule has 0 aliphatic heterocycles. The van der Waals surface area contributed by atoms with Crippen LogP contribution in [-0.4, -0.2) is 39.1 Å². The second-order valence-electron chi connectivity index (χ2n) is 3.67. The lowest BCUT2D eigenvalue weighted by Crippen LogP contribution is -2.27. The highest BCUT2D eigenvalue weighted by molar-refractivity contribution is 9.10. The highest BCUT2D eigenvalue weighted by atomic mass is 79.9. The summed E-state index contributed by atoms with van der Waals surface area (Å²) < 4.78 is 30.8. The molecule has 1 aromatic carbocycles. The molecule has 1 aromatic rings. The first kappa shape index (κ1) is 16.6. The van der Waals surface area contributed by atoms with Gasteiger partial charge in [0.15, 0.2) is 0 Å². The Hall–Kier alpha value is -1.45. The third-order valence-corrected chi connectivity index (χ3v) is 4.77. The molecule has 0 aliphatic carbocycles. The first-order chi connectivity index (χ1) is 9.27. The number of benzene rings is 1. The predicted octanol–water partition coefficient (Wildman–Crippen LogP) is 0.989. The van der Waals surface area contributed by atoms with E-state index >= 15 is 0 Å². The third-order valence-electron chi connectivity index (χ3n) is 2.32. The highest BCUT2D eigenvalue weighted by Crippen LogP contribution is 2.23. The van der Waals surface area contributed by atoms with Gasteiger partial charge in [-0.25, -0.2) is 17.9 Å². The first-order valence-electron chi connectivity index (χ1n) is 5.37. The van der Waals surface area contributed by atoms with Gasteiger partial charge < -0.3 is 9.84 Å². The van der Waals surface area contributed by atoms with Crippen molar-refractivity contribution in [1.82, 2.24) is 4.72 Å². The SMILES string of the molecule is COC(=O)CCNS(=O)(=O)c1cc(C(=O)O)ccc1Br. The molecule has 0 amide bonds. The van der Waals surface area contributed by atoms with Crippen LogP contribution in [0.15, 0.2) is 27.6 Å². The average molecular weight is 366 g/mol. The van der Waals surface area contributed by atoms with E-state index < -0.39 is 22.0 Å². The van der Waals surface area contributed by atoms with Gasteiger partial charge in [-0.05, 0) is 34.1 Å². The molecular formula is C11H12BrNO6S. The van der Waals surface area contributed by atoms with Crippen molar-refractivity contribution in [3.05, 3.63) is 28.2 Å². The van der Waals surface area contributed by atoms with Crippen LogP contribution in [0.3, 0.4) is 0 Å². The molecule has 0 aliphatic rings. The molecule has 110 valence electrons. The Bertz CT molecular complexity index is 628. The normalized spacial score (nSPS) is 11.1. The number of carboxylic acid groups (broad SMARTS) is 1. The quantitative estimate of drug-likeness (QED) is 0.727. The van der Waals surface area contributed by atoms with E-state index in [0.29, 0.717) is 0 Å². The zero-order chi connectivity index (χ0) is 15.3. The van der Waals surface area contributed by atoms with Crippen LogP contribution in [0, 0.1) is 0 Å². The predicted molar refractivity (Wildman–Crippen MR) is 72.9 cm³/mol. The van der Waals surface area contributed by atoms with Gasteiger partial charge >= 0.3 is 11.9 Å². The number of aromatic carboxylic acids is 1. The van der Waals surface area contributed by atoms with Gasteiger partial charge in [-0.3, -0.25) is 4.79 Å². The summed E-state index contributed by atoms with van der Waals surface area (Å²) in [5.74, 6) is -1.78. The number of hydrogen-bond acceptors (Lipinski definition) is 5. The summed E-state index contributed by atoms with van der Waals surface area (Å²) in [4.78, 5) is 21.5. The molecule has 2 N–H and O–H groups in total. The minimum atomic E-state index is -3.92. The summed E-state index contributed by atoms with van der Waals surface area (Å²) >= 11 is 3.05. The van der Waals surface area contributed by atoms with Crippen molar-refractivity contribution in [2.75, 3.05) is 13.7 Å². The second kappa shape index (κ2) is 6.82. The molecule has 20 heavy (non-hydrogen) atoms. The van der Waals surface area contributed by atoms with Gasteiger partial charge in [-0.1, -0.05) is 0 Å². The van der Waals surface area contributed by atoms with Crippen LogP contribution < -0.4 is 4.72 Å². The van der Waals surface area contributed by atoms with E-state index in [1.54, 1.807) is 0 Å². The lowest BCUT2D eigenvalue weighted by Gasteiger charge is -2.08. The molecule has 0 atom stereocenters. The van der Waals surface area contributed by atoms with E-state index in [1.807, 2.05) is 0 Å². The Balaban J connectivity index is 2.94. The Morgan fingerprint density at radius 3 is 2.60 bits per heavy atom. The summed E-state index contributed by atoms with van der Waals surface area (Å²) in [6.07, 6.45) is -0.119. The molecular weight excluding hydrogens is 354 g/mol. The maximum Gasteiger partial charge on any atom is 0.335 e. The molecule has 0 fully saturated rings. The Morgan fingerprint density at radius 2 is 2.05 bits per heavy atom. The molecule has 0 aromatic heterocycles. The van der Waals surface area contributed by atoms with Gasteiger partial charge in [0, 0.05) is 11.0 Å². The maximum atomic E-state index is 12.0. The lowest BCUT2D eigenvalue weighted by atomic mass is 10.2. The number of carbonyl (C=O) groups excluding carboxylic acids is 1. The molecule has 0 saturated heterocycles. The zero-order valence-corrected chi connectivity index (χ0v) is 12.8. The van der Waals surface area contributed by atoms with Crippen LogP contribution in [0.25, 0.3) is 0 Å². The molecule has 0 spiro atoms. The number of sulfonamides is 1. The smallest absolute Gasteiger partial charge is 0.335 e. The van der Waals surface area contributed by atoms with Gasteiger partial charge in [-0.2, -0.15) is 0 Å². The largest absolute Gasteiger partial charge is 0.478 e. The summed E-state index contributed by atoms with van der Waals surface area (Å²) in [6, 6.07) is 3.64. The lowest BCUT2D eigenvalue weighted by molar-refractivity contribution is -0.140. The van der Waals surface area contributed by atoms with Crippen LogP contribution >= 0.6 is 15.9 Å². The molecule has 0 unspecified atom stereocenters. The van der Waals surface area contributed by atoms with Crippen molar-refractivity contribution in [3.63, 3.8) is 0 Å². The van der Waals surface area contributed by atoms with Crippen LogP contribution in [0.4, 0.5) is 0 Å². The highest BCUT2D eigenvalue weighted by Gasteiger charge is 2.19. The van der Waals surface area contributed by atoms with Crippen molar-refractivity contribution in [1.29, 1.82) is 0 Å². The van der Waals surface area contributed by atoms with E-state index in [0.717, 1.165) is 6.07 Å². The first-order valence-corrected chi connectivity index (χ1v) is 7.65. The van der Waals surface area contributed by atoms with E-state index in [9.17, 15) is 18.0 Å². The monoisotopic (exact) mass is 365 g/mol. The number of esters is 1. The fraction of sp³-hybridized carbons (Fsp3) is 0.273. The number of carbonyl (C=O) groups is 2. The molecule has 7 nitrogen and oxygen atoms in total. The fourth-order valence-electron chi connectivity index (χ4n) is 1.31. The number of nitrogens with one attached hydrogen (secondary N) is 1. The van der Waals surface area contributed by atoms with Gasteiger partial charge in [0.1, 0.15) is 0 Å². The van der Waals surface area contributed by atoms with Crippen molar-refractivity contribution in [3.8, 4) is 0 Å². The summed E-state index contributed by atoms with van der Waals surface area (Å²) in [5.41, 5.74) is -0.151. The van der Waals surface area contributed by atoms with Crippen molar-refractivity contribution >= 4 is 37.9 Å². The van der Waals surface area contributed by atoms with Crippen LogP contribution in [0.1, 0.15) is 16.8 Å². The van der Waals surface area contributed by atoms with Crippen molar-refractivity contribution in [2.24, 2.45) is 0 Å². The number of halogens is 1. The molecule has 0 bridgehead atoms. The van der Waals surface area contributed by atoms with Crippen LogP contribution in [0.2, 0.25) is 0 Å². The number of ether oxygens (including phenoxy) is 1. The minimum Gasteiger partial charge on any atom is -0.478 e. The van der Waals surface area contributed by atoms with Crippen LogP contribution in [0.5, 0.6) is 0 Å². The fourth-order valence-corrected chi connectivity index (χ4v) is 3.33. The average Bonchev–Trinajstić information content (AvgIpc) is 2.38. The zero-order valence-electron chi connectivity index (χ0n) is 10.4. The van der Waals surface area contributed by atoms with Gasteiger partial charge in [0.05, 0.1) is 24.0 Å². The number of rotatable bonds is 6. The van der Waals surface area contributed by atoms with Crippen molar-refractivity contribution < 1.29 is 27.9 Å². The topological polar surface area (TPSA) is 110 Å². The minimum absolute atomic E-state index is 0.119. The summed E-state index contributed by atoms with van der Waals surface area (Å²) in [6.45, 7) is -0.140. The molecule has 1 rings (SSSR count). The number of methoxy groups -OCH3 is 1. The molecule has 0 heterocycles. The van der Waals surface area contributed by atoms with Crippen LogP contribution in [-0.2, 0) is 19.6 Å². The molecule has 0 saturated carbocycles. The van der Waals surface area contributed by atoms with E-state index in [-0.39, 0.29) is 27.9 Å². The van der Waals surface area contributed by atoms with Crippen molar-refractivity contribution in [2.45, 2.75) is 11.3 Å². The molecule has 0 radical (unpaired) electrons. The Kier molecular flexibility index (Phi) is 5.66. The summed E-state index contributed by atoms with van der Waals surface area (Å²) in [7, 11) is -2.72. The Morgan fingerprint density at radius 1 is 1.40 bits per heavy atom. The third kappa shape index (κ3) is 4.29. The van der Waals surface area contributed by atoms with E-state index in [4.69, 9.17) is 5.11 Å².